The van der Waals surface area contributed by atoms with E-state index in [0.717, 1.165) is 6.42 Å². The van der Waals surface area contributed by atoms with E-state index in [1.54, 1.807) is 0 Å². The third-order valence-electron chi connectivity index (χ3n) is 3.61. The van der Waals surface area contributed by atoms with E-state index in [9.17, 15) is 9.59 Å². The number of rotatable bonds is 2. The van der Waals surface area contributed by atoms with Gasteiger partial charge in [-0.15, -0.1) is 0 Å². The molecule has 0 radical (unpaired) electrons. The summed E-state index contributed by atoms with van der Waals surface area (Å²) in [4.78, 5) is 21.9. The Hall–Kier alpha value is -1.06. The summed E-state index contributed by atoms with van der Waals surface area (Å²) in [5.74, 6) is -2.18. The number of aliphatic carboxylic acids is 2. The number of carboxylic acids is 2. The highest BCUT2D eigenvalue weighted by atomic mass is 16.4. The predicted molar refractivity (Wildman–Crippen MR) is 43.2 cm³/mol. The Labute approximate surface area is 75.6 Å². The van der Waals surface area contributed by atoms with Gasteiger partial charge in [0.1, 0.15) is 0 Å². The Bertz CT molecular complexity index is 273. The molecule has 0 spiro atoms. The summed E-state index contributed by atoms with van der Waals surface area (Å²) in [6.07, 6.45) is 2.56. The van der Waals surface area contributed by atoms with Gasteiger partial charge in [-0.05, 0) is 31.6 Å². The first-order chi connectivity index (χ1) is 6.06. The van der Waals surface area contributed by atoms with Crippen LogP contribution >= 0.6 is 0 Å². The van der Waals surface area contributed by atoms with Gasteiger partial charge in [0.25, 0.3) is 0 Å². The van der Waals surface area contributed by atoms with Crippen molar-refractivity contribution in [2.45, 2.75) is 25.7 Å². The Morgan fingerprint density at radius 2 is 2.00 bits per heavy atom. The lowest BCUT2D eigenvalue weighted by Crippen LogP contribution is -2.38. The van der Waals surface area contributed by atoms with Crippen molar-refractivity contribution in [2.75, 3.05) is 0 Å². The molecule has 0 aliphatic heterocycles. The fourth-order valence-electron chi connectivity index (χ4n) is 2.94. The highest BCUT2D eigenvalue weighted by Crippen LogP contribution is 2.57. The Morgan fingerprint density at radius 1 is 1.31 bits per heavy atom. The van der Waals surface area contributed by atoms with Gasteiger partial charge in [-0.1, -0.05) is 0 Å². The minimum absolute atomic E-state index is 0.331. The maximum Gasteiger partial charge on any atom is 0.310 e. The lowest BCUT2D eigenvalue weighted by molar-refractivity contribution is -0.160. The van der Waals surface area contributed by atoms with Crippen LogP contribution in [0.4, 0.5) is 0 Å². The van der Waals surface area contributed by atoms with E-state index in [2.05, 4.69) is 0 Å². The molecule has 13 heavy (non-hydrogen) atoms. The van der Waals surface area contributed by atoms with E-state index < -0.39 is 23.3 Å². The molecule has 0 aromatic carbocycles. The average molecular weight is 184 g/mol. The molecule has 3 atom stereocenters. The van der Waals surface area contributed by atoms with Crippen molar-refractivity contribution in [2.24, 2.45) is 17.3 Å². The molecule has 0 aromatic rings. The molecule has 4 heteroatoms. The zero-order valence-electron chi connectivity index (χ0n) is 7.19. The third-order valence-corrected chi connectivity index (χ3v) is 3.61. The Morgan fingerprint density at radius 3 is 2.38 bits per heavy atom. The molecule has 0 aromatic heterocycles. The molecule has 0 amide bonds. The van der Waals surface area contributed by atoms with E-state index in [4.69, 9.17) is 10.2 Å². The van der Waals surface area contributed by atoms with E-state index in [-0.39, 0.29) is 0 Å². The maximum atomic E-state index is 11.0. The molecular weight excluding hydrogens is 172 g/mol. The minimum Gasteiger partial charge on any atom is -0.481 e. The van der Waals surface area contributed by atoms with Gasteiger partial charge in [-0.3, -0.25) is 9.59 Å². The van der Waals surface area contributed by atoms with Gasteiger partial charge in [-0.25, -0.2) is 0 Å². The van der Waals surface area contributed by atoms with Gasteiger partial charge in [0, 0.05) is 0 Å². The van der Waals surface area contributed by atoms with E-state index >= 15 is 0 Å². The summed E-state index contributed by atoms with van der Waals surface area (Å²) in [7, 11) is 0. The second-order valence-electron chi connectivity index (χ2n) is 4.20. The largest absolute Gasteiger partial charge is 0.481 e. The zero-order chi connectivity index (χ0) is 9.64. The predicted octanol–water partition coefficient (Wildman–Crippen LogP) is 0.962. The summed E-state index contributed by atoms with van der Waals surface area (Å²) in [6, 6.07) is 0. The molecule has 2 saturated carbocycles. The van der Waals surface area contributed by atoms with Crippen molar-refractivity contribution in [3.63, 3.8) is 0 Å². The number of hydrogen-bond donors (Lipinski definition) is 2. The zero-order valence-corrected chi connectivity index (χ0v) is 7.19. The fraction of sp³-hybridized carbons (Fsp3) is 0.778. The van der Waals surface area contributed by atoms with Gasteiger partial charge < -0.3 is 10.2 Å². The smallest absolute Gasteiger partial charge is 0.310 e. The van der Waals surface area contributed by atoms with Crippen molar-refractivity contribution in [3.05, 3.63) is 0 Å². The van der Waals surface area contributed by atoms with Crippen LogP contribution in [0.1, 0.15) is 25.7 Å². The topological polar surface area (TPSA) is 74.6 Å². The van der Waals surface area contributed by atoms with Gasteiger partial charge in [0.05, 0.1) is 11.3 Å². The van der Waals surface area contributed by atoms with E-state index in [0.29, 0.717) is 25.2 Å². The summed E-state index contributed by atoms with van der Waals surface area (Å²) < 4.78 is 0. The van der Waals surface area contributed by atoms with Gasteiger partial charge >= 0.3 is 11.9 Å². The van der Waals surface area contributed by atoms with Crippen molar-refractivity contribution in [1.29, 1.82) is 0 Å². The van der Waals surface area contributed by atoms with Crippen molar-refractivity contribution in [1.82, 2.24) is 0 Å². The van der Waals surface area contributed by atoms with Gasteiger partial charge in [-0.2, -0.15) is 0 Å². The van der Waals surface area contributed by atoms with Crippen LogP contribution in [0.3, 0.4) is 0 Å². The van der Waals surface area contributed by atoms with E-state index in [1.165, 1.54) is 0 Å². The molecule has 2 rings (SSSR count). The third kappa shape index (κ3) is 0.975. The maximum absolute atomic E-state index is 11.0. The number of carbonyl (C=O) groups is 2. The highest BCUT2D eigenvalue weighted by Gasteiger charge is 2.59. The first-order valence-electron chi connectivity index (χ1n) is 4.52. The van der Waals surface area contributed by atoms with Crippen LogP contribution in [0.5, 0.6) is 0 Å². The molecule has 2 N–H and O–H groups in total. The Kier molecular flexibility index (Phi) is 1.62. The standard InChI is InChI=1S/C9H12O4/c10-7(11)6-3-5-1-2-9(6,4-5)8(12)13/h5-6H,1-4H2,(H,10,11)(H,12,13)/t5-,6+,9-/m0/s1. The molecule has 2 fully saturated rings. The molecule has 2 aliphatic carbocycles. The SMILES string of the molecule is O=C(O)[C@H]1C[C@@H]2CC[C@]1(C(=O)O)C2. The summed E-state index contributed by atoms with van der Waals surface area (Å²) in [6.45, 7) is 0. The fourth-order valence-corrected chi connectivity index (χ4v) is 2.94. The monoisotopic (exact) mass is 184 g/mol. The van der Waals surface area contributed by atoms with Crippen LogP contribution in [0.25, 0.3) is 0 Å². The average Bonchev–Trinajstić information content (AvgIpc) is 2.60. The van der Waals surface area contributed by atoms with Crippen LogP contribution in [0, 0.1) is 17.3 Å². The summed E-state index contributed by atoms with van der Waals surface area (Å²) in [5, 5.41) is 17.9. The van der Waals surface area contributed by atoms with Crippen LogP contribution in [-0.4, -0.2) is 22.2 Å². The summed E-state index contributed by atoms with van der Waals surface area (Å²) >= 11 is 0. The number of hydrogen-bond acceptors (Lipinski definition) is 2. The van der Waals surface area contributed by atoms with Crippen molar-refractivity contribution in [3.8, 4) is 0 Å². The van der Waals surface area contributed by atoms with Crippen LogP contribution in [-0.2, 0) is 9.59 Å². The van der Waals surface area contributed by atoms with Crippen molar-refractivity contribution >= 4 is 11.9 Å². The minimum atomic E-state index is -0.940. The molecule has 0 unspecified atom stereocenters. The quantitative estimate of drug-likeness (QED) is 0.670. The van der Waals surface area contributed by atoms with Crippen molar-refractivity contribution < 1.29 is 19.8 Å². The van der Waals surface area contributed by atoms with Crippen LogP contribution in [0.15, 0.2) is 0 Å². The van der Waals surface area contributed by atoms with E-state index in [1.807, 2.05) is 0 Å². The lowest BCUT2D eigenvalue weighted by atomic mass is 9.75. The second-order valence-corrected chi connectivity index (χ2v) is 4.20. The Balaban J connectivity index is 2.32. The first-order valence-corrected chi connectivity index (χ1v) is 4.52. The molecule has 2 aliphatic rings. The number of carboxylic acid groups (broad SMARTS) is 2. The molecular formula is C9H12O4. The molecule has 2 bridgehead atoms. The number of fused-ring (bicyclic) bond motifs is 2. The molecule has 4 nitrogen and oxygen atoms in total. The highest BCUT2D eigenvalue weighted by molar-refractivity contribution is 5.84. The molecule has 72 valence electrons. The molecule has 0 saturated heterocycles. The first kappa shape index (κ1) is 8.53. The molecule has 0 heterocycles. The van der Waals surface area contributed by atoms with Gasteiger partial charge in [0.15, 0.2) is 0 Å². The lowest BCUT2D eigenvalue weighted by Gasteiger charge is -2.27. The van der Waals surface area contributed by atoms with Crippen LogP contribution in [0.2, 0.25) is 0 Å². The second kappa shape index (κ2) is 2.47. The summed E-state index contributed by atoms with van der Waals surface area (Å²) in [5.41, 5.74) is -0.934. The van der Waals surface area contributed by atoms with Crippen LogP contribution < -0.4 is 0 Å². The van der Waals surface area contributed by atoms with Gasteiger partial charge in [0.2, 0.25) is 0 Å². The normalized spacial score (nSPS) is 42.2.